The van der Waals surface area contributed by atoms with Gasteiger partial charge in [0.25, 0.3) is 0 Å². The smallest absolute Gasteiger partial charge is 0.244 e. The Hall–Kier alpha value is -2.45. The van der Waals surface area contributed by atoms with Crippen molar-refractivity contribution in [2.75, 3.05) is 9.80 Å². The summed E-state index contributed by atoms with van der Waals surface area (Å²) < 4.78 is 0. The van der Waals surface area contributed by atoms with E-state index in [0.717, 1.165) is 33.6 Å². The average Bonchev–Trinajstić information content (AvgIpc) is 3.42. The highest BCUT2D eigenvalue weighted by Crippen LogP contribution is 2.64. The molecule has 0 N–H and O–H groups in total. The predicted molar refractivity (Wildman–Crippen MR) is 167 cm³/mol. The van der Waals surface area contributed by atoms with Crippen LogP contribution in [-0.4, -0.2) is 33.6 Å². The van der Waals surface area contributed by atoms with E-state index in [1.54, 1.807) is 0 Å². The lowest BCUT2D eigenvalue weighted by Crippen LogP contribution is -2.72. The Bertz CT molecular complexity index is 1270. The summed E-state index contributed by atoms with van der Waals surface area (Å²) in [7, 11) is -3.95. The number of amides is 2. The van der Waals surface area contributed by atoms with Gasteiger partial charge in [0.05, 0.1) is 27.5 Å². The average molecular weight is 547 g/mol. The Labute approximate surface area is 232 Å². The predicted octanol–water partition coefficient (Wildman–Crippen LogP) is 7.70. The van der Waals surface area contributed by atoms with Gasteiger partial charge in [0.15, 0.2) is 5.66 Å². The van der Waals surface area contributed by atoms with E-state index in [4.69, 9.17) is 0 Å². The second-order valence-electron chi connectivity index (χ2n) is 14.3. The van der Waals surface area contributed by atoms with E-state index < -0.39 is 27.2 Å². The Balaban J connectivity index is 2.22. The highest BCUT2D eigenvalue weighted by atomic mass is 28.3. The van der Waals surface area contributed by atoms with E-state index in [1.165, 1.54) is 21.5 Å². The number of aryl methyl sites for hydroxylation is 6. The number of benzene rings is 2. The zero-order valence-electron chi connectivity index (χ0n) is 26.0. The lowest BCUT2D eigenvalue weighted by Gasteiger charge is -2.54. The molecule has 0 aromatic heterocycles. The minimum absolute atomic E-state index is 0.0970. The summed E-state index contributed by atoms with van der Waals surface area (Å²) in [6.07, 6.45) is 0. The third-order valence-corrected chi connectivity index (χ3v) is 12.7. The van der Waals surface area contributed by atoms with Gasteiger partial charge < -0.3 is 0 Å². The lowest BCUT2D eigenvalue weighted by atomic mass is 9.83. The van der Waals surface area contributed by atoms with Gasteiger partial charge in [-0.25, -0.2) is 0 Å². The molecule has 6 heteroatoms. The number of nitrogens with zero attached hydrogens (tertiary/aromatic N) is 2. The van der Waals surface area contributed by atoms with E-state index in [9.17, 15) is 9.59 Å². The van der Waals surface area contributed by atoms with Gasteiger partial charge in [-0.15, -0.1) is 0 Å². The molecule has 2 amide bonds. The van der Waals surface area contributed by atoms with Crippen LogP contribution in [0.15, 0.2) is 34.7 Å². The maximum Gasteiger partial charge on any atom is 0.244 e. The molecule has 1 saturated heterocycles. The van der Waals surface area contributed by atoms with Crippen LogP contribution in [0.4, 0.5) is 11.4 Å². The van der Waals surface area contributed by atoms with Crippen molar-refractivity contribution in [2.45, 2.75) is 100 Å². The van der Waals surface area contributed by atoms with Crippen LogP contribution in [-0.2, 0) is 9.59 Å². The summed E-state index contributed by atoms with van der Waals surface area (Å²) in [4.78, 5) is 33.6. The molecule has 1 fully saturated rings. The number of rotatable bonds is 4. The fraction of sp³-hybridized carbons (Fsp3) is 0.500. The van der Waals surface area contributed by atoms with Crippen molar-refractivity contribution in [3.05, 3.63) is 68.0 Å². The molecule has 4 nitrogen and oxygen atoms in total. The Morgan fingerprint density at radius 1 is 0.553 bits per heavy atom. The van der Waals surface area contributed by atoms with Crippen LogP contribution < -0.4 is 9.80 Å². The second kappa shape index (κ2) is 8.52. The molecular weight excluding hydrogens is 501 g/mol. The van der Waals surface area contributed by atoms with Crippen LogP contribution in [0.5, 0.6) is 0 Å². The van der Waals surface area contributed by atoms with Crippen molar-refractivity contribution >= 4 is 39.3 Å². The summed E-state index contributed by atoms with van der Waals surface area (Å²) in [5, 5.41) is 2.72. The van der Waals surface area contributed by atoms with E-state index in [-0.39, 0.29) is 11.8 Å². The maximum absolute atomic E-state index is 14.7. The summed E-state index contributed by atoms with van der Waals surface area (Å²) in [5.41, 5.74) is 6.53. The Morgan fingerprint density at radius 2 is 0.816 bits per heavy atom. The van der Waals surface area contributed by atoms with Crippen LogP contribution in [0.2, 0.25) is 39.3 Å². The van der Waals surface area contributed by atoms with E-state index in [2.05, 4.69) is 115 Å². The number of carbonyl (C=O) groups is 2. The normalized spacial score (nSPS) is 19.1. The van der Waals surface area contributed by atoms with Gasteiger partial charge in [-0.2, -0.15) is 0 Å². The number of hydrogen-bond donors (Lipinski definition) is 0. The number of hydrogen-bond acceptors (Lipinski definition) is 2. The molecule has 0 radical (unpaired) electrons. The van der Waals surface area contributed by atoms with Crippen LogP contribution in [0.25, 0.3) is 0 Å². The fourth-order valence-electron chi connectivity index (χ4n) is 7.13. The molecule has 1 heterocycles. The van der Waals surface area contributed by atoms with Crippen molar-refractivity contribution < 1.29 is 9.59 Å². The maximum atomic E-state index is 14.7. The van der Waals surface area contributed by atoms with Gasteiger partial charge in [0, 0.05) is 0 Å². The highest BCUT2D eigenvalue weighted by Gasteiger charge is 2.75. The molecule has 0 bridgehead atoms. The zero-order valence-corrected chi connectivity index (χ0v) is 28.0. The van der Waals surface area contributed by atoms with Crippen LogP contribution in [0.1, 0.15) is 47.2 Å². The van der Waals surface area contributed by atoms with Crippen LogP contribution in [0.3, 0.4) is 0 Å². The van der Waals surface area contributed by atoms with Gasteiger partial charge in [0.1, 0.15) is 5.41 Å². The fourth-order valence-corrected chi connectivity index (χ4v) is 14.0. The second-order valence-corrected chi connectivity index (χ2v) is 24.3. The van der Waals surface area contributed by atoms with Crippen LogP contribution >= 0.6 is 0 Å². The van der Waals surface area contributed by atoms with E-state index in [0.29, 0.717) is 0 Å². The molecule has 1 spiro atoms. The molecule has 0 unspecified atom stereocenters. The zero-order chi connectivity index (χ0) is 28.9. The molecule has 38 heavy (non-hydrogen) atoms. The van der Waals surface area contributed by atoms with E-state index in [1.807, 2.05) is 13.8 Å². The summed E-state index contributed by atoms with van der Waals surface area (Å²) in [6, 6.07) is 8.68. The molecule has 1 aliphatic carbocycles. The first-order valence-corrected chi connectivity index (χ1v) is 20.8. The topological polar surface area (TPSA) is 40.6 Å². The van der Waals surface area contributed by atoms with Gasteiger partial charge in [0.2, 0.25) is 11.8 Å². The van der Waals surface area contributed by atoms with Crippen molar-refractivity contribution in [1.82, 2.24) is 0 Å². The van der Waals surface area contributed by atoms with Crippen LogP contribution in [0, 0.1) is 47.0 Å². The lowest BCUT2D eigenvalue weighted by molar-refractivity contribution is -0.141. The largest absolute Gasteiger partial charge is 0.280 e. The van der Waals surface area contributed by atoms with Gasteiger partial charge in [-0.1, -0.05) is 74.7 Å². The number of anilines is 2. The molecule has 0 atom stereocenters. The SMILES string of the molecule is Cc1cc(C)c(N2C(=O)C(C)(C)C(=O)N(c3c(C)cc(C)cc3C)C23C([Si](C)(C)C)=C3[Si](C)(C)C)c(C)c1. The first-order chi connectivity index (χ1) is 17.2. The summed E-state index contributed by atoms with van der Waals surface area (Å²) in [5.74, 6) is -0.194. The Kier molecular flexibility index (Phi) is 6.41. The summed E-state index contributed by atoms with van der Waals surface area (Å²) in [6.45, 7) is 30.5. The molecule has 2 aromatic rings. The third kappa shape index (κ3) is 3.89. The van der Waals surface area contributed by atoms with Crippen molar-refractivity contribution in [1.29, 1.82) is 0 Å². The van der Waals surface area contributed by atoms with E-state index >= 15 is 0 Å². The minimum Gasteiger partial charge on any atom is -0.280 e. The van der Waals surface area contributed by atoms with Crippen molar-refractivity contribution in [2.24, 2.45) is 5.41 Å². The highest BCUT2D eigenvalue weighted by molar-refractivity contribution is 6.94. The van der Waals surface area contributed by atoms with Gasteiger partial charge in [-0.3, -0.25) is 19.4 Å². The molecule has 4 rings (SSSR count). The molecule has 0 saturated carbocycles. The molecular formula is C32H46N2O2Si2. The van der Waals surface area contributed by atoms with Gasteiger partial charge in [-0.05, 0) is 88.0 Å². The summed E-state index contributed by atoms with van der Waals surface area (Å²) >= 11 is 0. The minimum atomic E-state index is -1.98. The monoisotopic (exact) mass is 546 g/mol. The standard InChI is InChI=1S/C32H46N2O2Si2/c1-19-15-21(3)25(22(4)16-19)33-29(35)31(7,8)30(36)34(26-23(5)17-20(2)18-24(26)6)32(33)27(37(9,10)11)28(32)38(12,13)14/h15-18H,1-14H3. The molecule has 2 aliphatic rings. The molecule has 2 aromatic carbocycles. The quantitative estimate of drug-likeness (QED) is 0.291. The number of carbonyl (C=O) groups excluding carboxylic acids is 2. The van der Waals surface area contributed by atoms with Crippen molar-refractivity contribution in [3.63, 3.8) is 0 Å². The van der Waals surface area contributed by atoms with Gasteiger partial charge >= 0.3 is 0 Å². The first kappa shape index (κ1) is 28.6. The third-order valence-electron chi connectivity index (χ3n) is 8.23. The van der Waals surface area contributed by atoms with Crippen molar-refractivity contribution in [3.8, 4) is 0 Å². The molecule has 204 valence electrons. The first-order valence-electron chi connectivity index (χ1n) is 13.8. The Morgan fingerprint density at radius 3 is 1.05 bits per heavy atom. The molecule has 1 aliphatic heterocycles.